The van der Waals surface area contributed by atoms with Gasteiger partial charge in [0.15, 0.2) is 5.65 Å². The lowest BCUT2D eigenvalue weighted by Crippen LogP contribution is -2.54. The Kier molecular flexibility index (Phi) is 4.45. The molecule has 0 aliphatic heterocycles. The monoisotopic (exact) mass is 332 g/mol. The molecular weight excluding hydrogens is 308 g/mol. The van der Waals surface area contributed by atoms with Gasteiger partial charge in [-0.05, 0) is 33.3 Å². The number of nitrogens with one attached hydrogen (secondary N) is 1. The summed E-state index contributed by atoms with van der Waals surface area (Å²) in [7, 11) is 1.42. The van der Waals surface area contributed by atoms with Gasteiger partial charge in [0.05, 0.1) is 31.4 Å². The molecule has 3 rings (SSSR count). The lowest BCUT2D eigenvalue weighted by molar-refractivity contribution is -0.155. The molecule has 24 heavy (non-hydrogen) atoms. The van der Waals surface area contributed by atoms with Gasteiger partial charge >= 0.3 is 5.97 Å². The Hall–Kier alpha value is -2.15. The molecule has 0 aromatic carbocycles. The predicted molar refractivity (Wildman–Crippen MR) is 89.8 cm³/mol. The van der Waals surface area contributed by atoms with E-state index in [-0.39, 0.29) is 29.6 Å². The summed E-state index contributed by atoms with van der Waals surface area (Å²) in [6.45, 7) is 6.08. The van der Waals surface area contributed by atoms with Crippen LogP contribution in [0.3, 0.4) is 0 Å². The van der Waals surface area contributed by atoms with E-state index in [0.29, 0.717) is 6.42 Å². The van der Waals surface area contributed by atoms with Crippen molar-refractivity contribution in [2.75, 3.05) is 12.4 Å². The van der Waals surface area contributed by atoms with Crippen LogP contribution in [0.25, 0.3) is 5.65 Å². The maximum absolute atomic E-state index is 11.8. The van der Waals surface area contributed by atoms with E-state index in [9.17, 15) is 4.79 Å². The second-order valence-electron chi connectivity index (χ2n) is 7.13. The van der Waals surface area contributed by atoms with Gasteiger partial charge in [-0.3, -0.25) is 4.79 Å². The Morgan fingerprint density at radius 1 is 1.38 bits per heavy atom. The zero-order valence-corrected chi connectivity index (χ0v) is 14.5. The number of carbonyl (C=O) groups excluding carboxylic acids is 1. The van der Waals surface area contributed by atoms with Crippen molar-refractivity contribution >= 4 is 17.4 Å². The Morgan fingerprint density at radius 2 is 2.17 bits per heavy atom. The molecule has 0 amide bonds. The molecule has 7 heteroatoms. The second-order valence-corrected chi connectivity index (χ2v) is 7.13. The highest BCUT2D eigenvalue weighted by Gasteiger charge is 2.45. The molecule has 0 saturated heterocycles. The van der Waals surface area contributed by atoms with Gasteiger partial charge in [-0.2, -0.15) is 9.61 Å². The lowest BCUT2D eigenvalue weighted by atomic mass is 9.74. The zero-order valence-electron chi connectivity index (χ0n) is 14.5. The number of nitrogens with zero attached hydrogens (tertiary/aromatic N) is 3. The van der Waals surface area contributed by atoms with E-state index < -0.39 is 0 Å². The molecule has 0 radical (unpaired) electrons. The maximum atomic E-state index is 11.8. The van der Waals surface area contributed by atoms with Gasteiger partial charge in [-0.1, -0.05) is 0 Å². The molecule has 0 unspecified atom stereocenters. The predicted octanol–water partition coefficient (Wildman–Crippen LogP) is 2.28. The normalized spacial score (nSPS) is 23.8. The number of hydrogen-bond acceptors (Lipinski definition) is 6. The first kappa shape index (κ1) is 16.7. The van der Waals surface area contributed by atoms with Crippen LogP contribution in [0, 0.1) is 5.92 Å². The van der Waals surface area contributed by atoms with Crippen LogP contribution in [0.5, 0.6) is 0 Å². The number of fused-ring (bicyclic) bond motifs is 1. The van der Waals surface area contributed by atoms with Crippen molar-refractivity contribution in [2.45, 2.75) is 51.4 Å². The first-order chi connectivity index (χ1) is 11.4. The van der Waals surface area contributed by atoms with Crippen LogP contribution in [-0.2, 0) is 14.3 Å². The summed E-state index contributed by atoms with van der Waals surface area (Å²) in [5, 5.41) is 7.75. The van der Waals surface area contributed by atoms with Gasteiger partial charge in [0.2, 0.25) is 0 Å². The van der Waals surface area contributed by atoms with Gasteiger partial charge in [-0.15, -0.1) is 0 Å². The minimum Gasteiger partial charge on any atom is -0.469 e. The molecule has 1 aliphatic carbocycles. The second kappa shape index (κ2) is 6.39. The van der Waals surface area contributed by atoms with Crippen LogP contribution in [0.15, 0.2) is 24.5 Å². The number of aromatic nitrogens is 3. The highest BCUT2D eigenvalue weighted by atomic mass is 16.5. The Balaban J connectivity index is 1.74. The molecule has 7 nitrogen and oxygen atoms in total. The fourth-order valence-electron chi connectivity index (χ4n) is 3.10. The van der Waals surface area contributed by atoms with Crippen LogP contribution in [0.4, 0.5) is 5.82 Å². The summed E-state index contributed by atoms with van der Waals surface area (Å²) >= 11 is 0. The van der Waals surface area contributed by atoms with Crippen molar-refractivity contribution in [3.8, 4) is 0 Å². The Bertz CT molecular complexity index is 722. The van der Waals surface area contributed by atoms with Crippen LogP contribution in [-0.4, -0.2) is 45.4 Å². The fraction of sp³-hybridized carbons (Fsp3) is 0.588. The lowest BCUT2D eigenvalue weighted by Gasteiger charge is -2.47. The number of rotatable bonds is 5. The average Bonchev–Trinajstić information content (AvgIpc) is 2.99. The van der Waals surface area contributed by atoms with Crippen LogP contribution >= 0.6 is 0 Å². The average molecular weight is 332 g/mol. The molecule has 2 aromatic rings. The number of ether oxygens (including phenoxy) is 2. The van der Waals surface area contributed by atoms with E-state index in [4.69, 9.17) is 9.47 Å². The number of esters is 1. The van der Waals surface area contributed by atoms with Gasteiger partial charge < -0.3 is 14.8 Å². The quantitative estimate of drug-likeness (QED) is 0.847. The summed E-state index contributed by atoms with van der Waals surface area (Å²) in [5.74, 6) is 0.711. The molecular formula is C17H24N4O3. The molecule has 1 N–H and O–H groups in total. The van der Waals surface area contributed by atoms with Crippen LogP contribution in [0.2, 0.25) is 0 Å². The molecule has 3 atom stereocenters. The van der Waals surface area contributed by atoms with Gasteiger partial charge in [0.25, 0.3) is 0 Å². The largest absolute Gasteiger partial charge is 0.469 e. The first-order valence-electron chi connectivity index (χ1n) is 8.17. The summed E-state index contributed by atoms with van der Waals surface area (Å²) in [6, 6.07) is 3.86. The van der Waals surface area contributed by atoms with E-state index in [1.807, 2.05) is 32.9 Å². The summed E-state index contributed by atoms with van der Waals surface area (Å²) in [4.78, 5) is 16.0. The number of anilines is 1. The summed E-state index contributed by atoms with van der Waals surface area (Å²) < 4.78 is 12.7. The first-order valence-corrected chi connectivity index (χ1v) is 8.17. The van der Waals surface area contributed by atoms with Crippen LogP contribution < -0.4 is 5.32 Å². The highest BCUT2D eigenvalue weighted by molar-refractivity contribution is 5.70. The molecule has 2 heterocycles. The van der Waals surface area contributed by atoms with E-state index in [1.165, 1.54) is 7.11 Å². The molecule has 0 bridgehead atoms. The van der Waals surface area contributed by atoms with Crippen molar-refractivity contribution < 1.29 is 14.3 Å². The Morgan fingerprint density at radius 3 is 2.88 bits per heavy atom. The minimum absolute atomic E-state index is 0.0385. The third-order valence-corrected chi connectivity index (χ3v) is 4.24. The molecule has 1 saturated carbocycles. The zero-order chi connectivity index (χ0) is 17.3. The SMILES string of the molecule is COC(=O)C[C@@H]1[C@@H](Nc2ccnc3ccnn23)C[C@H]1OC(C)(C)C. The molecule has 2 aromatic heterocycles. The number of methoxy groups -OCH3 is 1. The smallest absolute Gasteiger partial charge is 0.305 e. The van der Waals surface area contributed by atoms with Crippen molar-refractivity contribution in [1.29, 1.82) is 0 Å². The van der Waals surface area contributed by atoms with Crippen molar-refractivity contribution in [3.63, 3.8) is 0 Å². The molecule has 1 aliphatic rings. The highest BCUT2D eigenvalue weighted by Crippen LogP contribution is 2.38. The Labute approximate surface area is 141 Å². The molecule has 130 valence electrons. The molecule has 1 fully saturated rings. The van der Waals surface area contributed by atoms with Crippen LogP contribution in [0.1, 0.15) is 33.6 Å². The van der Waals surface area contributed by atoms with Gasteiger partial charge in [-0.25, -0.2) is 4.98 Å². The van der Waals surface area contributed by atoms with E-state index in [2.05, 4.69) is 15.4 Å². The topological polar surface area (TPSA) is 77.8 Å². The number of carbonyl (C=O) groups is 1. The summed E-state index contributed by atoms with van der Waals surface area (Å²) in [5.41, 5.74) is 0.543. The van der Waals surface area contributed by atoms with Gasteiger partial charge in [0.1, 0.15) is 5.82 Å². The van der Waals surface area contributed by atoms with E-state index >= 15 is 0 Å². The van der Waals surface area contributed by atoms with E-state index in [0.717, 1.165) is 17.9 Å². The standard InChI is InChI=1S/C17H24N4O3/c1-17(2,3)24-13-10-12(11(13)9-16(22)23-4)20-15-5-7-18-14-6-8-19-21(14)15/h5-8,11-13,20H,9-10H2,1-4H3/t11-,12+,13-/m1/s1. The molecule has 0 spiro atoms. The minimum atomic E-state index is -0.240. The van der Waals surface area contributed by atoms with E-state index in [1.54, 1.807) is 16.9 Å². The summed E-state index contributed by atoms with van der Waals surface area (Å²) in [6.07, 6.45) is 4.67. The van der Waals surface area contributed by atoms with Gasteiger partial charge in [0, 0.05) is 24.2 Å². The number of hydrogen-bond donors (Lipinski definition) is 1. The van der Waals surface area contributed by atoms with Crippen molar-refractivity contribution in [2.24, 2.45) is 5.92 Å². The third kappa shape index (κ3) is 3.51. The maximum Gasteiger partial charge on any atom is 0.305 e. The third-order valence-electron chi connectivity index (χ3n) is 4.24. The van der Waals surface area contributed by atoms with Crippen molar-refractivity contribution in [3.05, 3.63) is 24.5 Å². The van der Waals surface area contributed by atoms with Crippen molar-refractivity contribution in [1.82, 2.24) is 14.6 Å². The fourth-order valence-corrected chi connectivity index (χ4v) is 3.10.